The molecule has 1 unspecified atom stereocenters. The number of hydrogen-bond donors (Lipinski definition) is 0. The van der Waals surface area contributed by atoms with Gasteiger partial charge in [0, 0.05) is 10.6 Å². The van der Waals surface area contributed by atoms with E-state index in [4.69, 9.17) is 11.6 Å². The van der Waals surface area contributed by atoms with Gasteiger partial charge < -0.3 is 0 Å². The van der Waals surface area contributed by atoms with Crippen LogP contribution in [0.1, 0.15) is 10.4 Å². The van der Waals surface area contributed by atoms with Gasteiger partial charge in [-0.3, -0.25) is 8.98 Å². The Morgan fingerprint density at radius 1 is 1.29 bits per heavy atom. The number of alkyl halides is 3. The number of halogens is 4. The van der Waals surface area contributed by atoms with Crippen LogP contribution < -0.4 is 0 Å². The van der Waals surface area contributed by atoms with Crippen molar-refractivity contribution < 1.29 is 26.4 Å². The summed E-state index contributed by atoms with van der Waals surface area (Å²) in [6.07, 6.45) is 0. The molecule has 17 heavy (non-hydrogen) atoms. The van der Waals surface area contributed by atoms with Gasteiger partial charge in [0.2, 0.25) is 0 Å². The van der Waals surface area contributed by atoms with Crippen molar-refractivity contribution in [2.45, 2.75) is 5.51 Å². The normalized spacial score (nSPS) is 13.4. The summed E-state index contributed by atoms with van der Waals surface area (Å²) in [7, 11) is 0. The lowest BCUT2D eigenvalue weighted by molar-refractivity contribution is -0.0467. The minimum Gasteiger partial charge on any atom is -0.292 e. The second-order valence-electron chi connectivity index (χ2n) is 2.87. The predicted molar refractivity (Wildman–Crippen MR) is 55.9 cm³/mol. The first-order valence-electron chi connectivity index (χ1n) is 4.21. The zero-order valence-corrected chi connectivity index (χ0v) is 9.73. The molecule has 0 radical (unpaired) electrons. The molecule has 0 fully saturated rings. The van der Waals surface area contributed by atoms with Crippen LogP contribution in [0.2, 0.25) is 5.02 Å². The molecule has 94 valence electrons. The van der Waals surface area contributed by atoms with E-state index in [1.165, 1.54) is 24.3 Å². The van der Waals surface area contributed by atoms with E-state index in [1.54, 1.807) is 0 Å². The van der Waals surface area contributed by atoms with Gasteiger partial charge >= 0.3 is 5.51 Å². The van der Waals surface area contributed by atoms with Crippen molar-refractivity contribution in [2.75, 3.05) is 6.61 Å². The van der Waals surface area contributed by atoms with E-state index < -0.39 is 29.0 Å². The van der Waals surface area contributed by atoms with Crippen LogP contribution in [0.15, 0.2) is 24.3 Å². The Morgan fingerprint density at radius 2 is 1.82 bits per heavy atom. The van der Waals surface area contributed by atoms with E-state index in [2.05, 4.69) is 4.18 Å². The van der Waals surface area contributed by atoms with Crippen LogP contribution in [0.3, 0.4) is 0 Å². The molecule has 1 rings (SSSR count). The van der Waals surface area contributed by atoms with Crippen molar-refractivity contribution in [3.8, 4) is 0 Å². The Hall–Kier alpha value is -0.920. The number of carbonyl (C=O) groups excluding carboxylic acids is 1. The predicted octanol–water partition coefficient (Wildman–Crippen LogP) is 2.72. The second-order valence-corrected chi connectivity index (χ2v) is 4.48. The maximum Gasteiger partial charge on any atom is 0.497 e. The summed E-state index contributed by atoms with van der Waals surface area (Å²) >= 11 is 2.08. The van der Waals surface area contributed by atoms with Gasteiger partial charge in [0.05, 0.1) is 0 Å². The van der Waals surface area contributed by atoms with E-state index in [-0.39, 0.29) is 5.56 Å². The quantitative estimate of drug-likeness (QED) is 0.799. The molecule has 0 heterocycles. The van der Waals surface area contributed by atoms with Crippen LogP contribution in [-0.2, 0) is 15.3 Å². The van der Waals surface area contributed by atoms with Crippen molar-refractivity contribution in [1.82, 2.24) is 0 Å². The van der Waals surface area contributed by atoms with Gasteiger partial charge in [-0.15, -0.1) is 0 Å². The third-order valence-electron chi connectivity index (χ3n) is 1.65. The summed E-state index contributed by atoms with van der Waals surface area (Å²) in [5.74, 6) is -0.709. The van der Waals surface area contributed by atoms with Crippen molar-refractivity contribution in [3.05, 3.63) is 34.9 Å². The van der Waals surface area contributed by atoms with Gasteiger partial charge in [-0.05, 0) is 24.3 Å². The fourth-order valence-corrected chi connectivity index (χ4v) is 1.37. The van der Waals surface area contributed by atoms with Gasteiger partial charge in [0.25, 0.3) is 11.1 Å². The molecule has 0 aliphatic carbocycles. The number of hydrogen-bond acceptors (Lipinski definition) is 3. The average Bonchev–Trinajstić information content (AvgIpc) is 2.25. The third-order valence-corrected chi connectivity index (χ3v) is 2.61. The molecule has 0 saturated heterocycles. The highest BCUT2D eigenvalue weighted by Gasteiger charge is 2.38. The highest BCUT2D eigenvalue weighted by atomic mass is 35.5. The molecule has 0 aliphatic rings. The summed E-state index contributed by atoms with van der Waals surface area (Å²) in [5, 5.41) is 0.390. The zero-order valence-electron chi connectivity index (χ0n) is 8.16. The maximum atomic E-state index is 11.8. The molecule has 0 bridgehead atoms. The molecule has 0 aromatic heterocycles. The molecule has 0 aliphatic heterocycles. The van der Waals surface area contributed by atoms with Crippen LogP contribution in [0, 0.1) is 0 Å². The summed E-state index contributed by atoms with van der Waals surface area (Å²) in [6.45, 7) is -0.909. The van der Waals surface area contributed by atoms with E-state index in [1.807, 2.05) is 0 Å². The molecule has 1 aromatic carbocycles. The SMILES string of the molecule is O=C(COS(=O)C(F)(F)F)c1ccc(Cl)cc1. The Balaban J connectivity index is 2.56. The lowest BCUT2D eigenvalue weighted by Crippen LogP contribution is -2.21. The zero-order chi connectivity index (χ0) is 13.1. The first-order chi connectivity index (χ1) is 7.80. The number of ketones is 1. The standard InChI is InChI=1S/C9H6ClF3O3S/c10-7-3-1-6(2-4-7)8(14)5-16-17(15)9(11,12)13/h1-4H,5H2. The van der Waals surface area contributed by atoms with E-state index in [0.29, 0.717) is 5.02 Å². The Bertz CT molecular complexity index is 430. The lowest BCUT2D eigenvalue weighted by atomic mass is 10.1. The van der Waals surface area contributed by atoms with Crippen LogP contribution in [-0.4, -0.2) is 22.1 Å². The summed E-state index contributed by atoms with van der Waals surface area (Å²) < 4.78 is 49.8. The van der Waals surface area contributed by atoms with Crippen molar-refractivity contribution in [3.63, 3.8) is 0 Å². The topological polar surface area (TPSA) is 43.4 Å². The minimum atomic E-state index is -4.99. The Kier molecular flexibility index (Phi) is 4.67. The fraction of sp³-hybridized carbons (Fsp3) is 0.222. The molecule has 0 amide bonds. The summed E-state index contributed by atoms with van der Waals surface area (Å²) in [6, 6.07) is 5.50. The molecular weight excluding hydrogens is 281 g/mol. The number of Topliss-reactive ketones (excluding diaryl/α,β-unsaturated/α-hetero) is 1. The van der Waals surface area contributed by atoms with Gasteiger partial charge in [0.1, 0.15) is 6.61 Å². The first kappa shape index (κ1) is 14.1. The Labute approximate surface area is 102 Å². The molecule has 1 atom stereocenters. The Morgan fingerprint density at radius 3 is 2.29 bits per heavy atom. The van der Waals surface area contributed by atoms with Crippen molar-refractivity contribution in [2.24, 2.45) is 0 Å². The van der Waals surface area contributed by atoms with Gasteiger partial charge in [0.15, 0.2) is 5.78 Å². The lowest BCUT2D eigenvalue weighted by Gasteiger charge is -2.05. The van der Waals surface area contributed by atoms with E-state index in [0.717, 1.165) is 0 Å². The van der Waals surface area contributed by atoms with E-state index in [9.17, 15) is 22.2 Å². The molecule has 0 N–H and O–H groups in total. The van der Waals surface area contributed by atoms with Crippen LogP contribution in [0.5, 0.6) is 0 Å². The summed E-state index contributed by atoms with van der Waals surface area (Å²) in [5.41, 5.74) is -4.85. The van der Waals surface area contributed by atoms with Crippen molar-refractivity contribution in [1.29, 1.82) is 0 Å². The highest BCUT2D eigenvalue weighted by Crippen LogP contribution is 2.20. The maximum absolute atomic E-state index is 11.8. The van der Waals surface area contributed by atoms with Gasteiger partial charge in [-0.2, -0.15) is 13.2 Å². The number of benzene rings is 1. The second kappa shape index (κ2) is 5.61. The fourth-order valence-electron chi connectivity index (χ4n) is 0.893. The number of carbonyl (C=O) groups is 1. The van der Waals surface area contributed by atoms with Crippen LogP contribution in [0.4, 0.5) is 13.2 Å². The molecule has 0 spiro atoms. The molecule has 8 heteroatoms. The smallest absolute Gasteiger partial charge is 0.292 e. The van der Waals surface area contributed by atoms with Gasteiger partial charge in [-0.1, -0.05) is 11.6 Å². The van der Waals surface area contributed by atoms with Crippen LogP contribution >= 0.6 is 11.6 Å². The third kappa shape index (κ3) is 4.45. The first-order valence-corrected chi connectivity index (χ1v) is 5.66. The highest BCUT2D eigenvalue weighted by molar-refractivity contribution is 7.81. The molecular formula is C9H6ClF3O3S. The van der Waals surface area contributed by atoms with Crippen molar-refractivity contribution >= 4 is 28.5 Å². The number of rotatable bonds is 4. The van der Waals surface area contributed by atoms with Gasteiger partial charge in [-0.25, -0.2) is 4.21 Å². The minimum absolute atomic E-state index is 0.133. The largest absolute Gasteiger partial charge is 0.497 e. The monoisotopic (exact) mass is 286 g/mol. The van der Waals surface area contributed by atoms with E-state index >= 15 is 0 Å². The molecule has 3 nitrogen and oxygen atoms in total. The van der Waals surface area contributed by atoms with Crippen LogP contribution in [0.25, 0.3) is 0 Å². The molecule has 0 saturated carbocycles. The molecule has 1 aromatic rings. The average molecular weight is 287 g/mol. The summed E-state index contributed by atoms with van der Waals surface area (Å²) in [4.78, 5) is 11.3.